The molecule has 6 heteroatoms. The average Bonchev–Trinajstić information content (AvgIpc) is 2.60. The van der Waals surface area contributed by atoms with Crippen molar-refractivity contribution >= 4 is 33.5 Å². The summed E-state index contributed by atoms with van der Waals surface area (Å²) in [6.07, 6.45) is 4.00. The highest BCUT2D eigenvalue weighted by molar-refractivity contribution is 9.10. The van der Waals surface area contributed by atoms with Crippen molar-refractivity contribution in [1.82, 2.24) is 4.98 Å². The van der Waals surface area contributed by atoms with Gasteiger partial charge >= 0.3 is 5.97 Å². The number of nitrogens with zero attached hydrogens (tertiary/aromatic N) is 2. The van der Waals surface area contributed by atoms with E-state index in [9.17, 15) is 9.59 Å². The normalized spacial score (nSPS) is 14.7. The first kappa shape index (κ1) is 16.6. The lowest BCUT2D eigenvalue weighted by molar-refractivity contribution is -0.126. The molecule has 2 aromatic rings. The van der Waals surface area contributed by atoms with E-state index in [2.05, 4.69) is 20.9 Å². The van der Waals surface area contributed by atoms with E-state index in [4.69, 9.17) is 4.74 Å². The second kappa shape index (κ2) is 7.13. The minimum atomic E-state index is -0.859. The molecule has 1 aliphatic rings. The third kappa shape index (κ3) is 3.48. The average molecular weight is 389 g/mol. The van der Waals surface area contributed by atoms with Gasteiger partial charge in [0.25, 0.3) is 5.91 Å². The van der Waals surface area contributed by atoms with Gasteiger partial charge in [-0.1, -0.05) is 18.2 Å². The van der Waals surface area contributed by atoms with Crippen LogP contribution in [0.1, 0.15) is 29.3 Å². The molecule has 0 radical (unpaired) electrons. The first-order valence-corrected chi connectivity index (χ1v) is 8.56. The monoisotopic (exact) mass is 388 g/mol. The molecule has 0 saturated heterocycles. The van der Waals surface area contributed by atoms with Crippen molar-refractivity contribution in [2.45, 2.75) is 25.9 Å². The molecule has 1 unspecified atom stereocenters. The predicted molar refractivity (Wildman–Crippen MR) is 93.9 cm³/mol. The van der Waals surface area contributed by atoms with E-state index in [0.29, 0.717) is 16.6 Å². The van der Waals surface area contributed by atoms with Gasteiger partial charge in [0.2, 0.25) is 0 Å². The second-order valence-electron chi connectivity index (χ2n) is 5.66. The Balaban J connectivity index is 1.73. The Morgan fingerprint density at radius 3 is 2.88 bits per heavy atom. The molecule has 1 amide bonds. The molecule has 3 rings (SSSR count). The summed E-state index contributed by atoms with van der Waals surface area (Å²) < 4.78 is 6.01. The smallest absolute Gasteiger partial charge is 0.340 e. The van der Waals surface area contributed by atoms with Crippen LogP contribution in [0.25, 0.3) is 0 Å². The van der Waals surface area contributed by atoms with Gasteiger partial charge in [-0.2, -0.15) is 0 Å². The molecule has 5 nitrogen and oxygen atoms in total. The number of carbonyl (C=O) groups excluding carboxylic acids is 2. The maximum Gasteiger partial charge on any atom is 0.340 e. The fourth-order valence-electron chi connectivity index (χ4n) is 2.78. The van der Waals surface area contributed by atoms with Crippen molar-refractivity contribution in [3.05, 3.63) is 58.3 Å². The highest BCUT2D eigenvalue weighted by Gasteiger charge is 2.28. The van der Waals surface area contributed by atoms with Crippen molar-refractivity contribution in [3.63, 3.8) is 0 Å². The molecule has 0 bridgehead atoms. The number of benzene rings is 1. The van der Waals surface area contributed by atoms with Gasteiger partial charge in [0.15, 0.2) is 6.10 Å². The Bertz CT molecular complexity index is 778. The van der Waals surface area contributed by atoms with Crippen LogP contribution in [0.2, 0.25) is 0 Å². The van der Waals surface area contributed by atoms with Gasteiger partial charge < -0.3 is 9.64 Å². The fraction of sp³-hybridized carbons (Fsp3) is 0.278. The van der Waals surface area contributed by atoms with Crippen LogP contribution < -0.4 is 4.90 Å². The lowest BCUT2D eigenvalue weighted by Gasteiger charge is -2.31. The number of amides is 1. The summed E-state index contributed by atoms with van der Waals surface area (Å²) in [5.74, 6) is -0.770. The maximum absolute atomic E-state index is 12.7. The Morgan fingerprint density at radius 1 is 1.29 bits per heavy atom. The second-order valence-corrected chi connectivity index (χ2v) is 6.58. The SMILES string of the molecule is CC(OC(=O)c1cncc(Br)c1)C(=O)N1CCCc2ccccc21. The number of halogens is 1. The van der Waals surface area contributed by atoms with E-state index in [1.165, 1.54) is 6.20 Å². The Kier molecular flexibility index (Phi) is 4.94. The number of aryl methyl sites for hydroxylation is 1. The molecule has 2 heterocycles. The zero-order chi connectivity index (χ0) is 17.1. The number of pyridine rings is 1. The Hall–Kier alpha value is -2.21. The van der Waals surface area contributed by atoms with Crippen molar-refractivity contribution in [1.29, 1.82) is 0 Å². The van der Waals surface area contributed by atoms with Crippen LogP contribution in [-0.4, -0.2) is 29.5 Å². The molecule has 1 aliphatic heterocycles. The molecule has 1 atom stereocenters. The summed E-state index contributed by atoms with van der Waals surface area (Å²) >= 11 is 3.26. The van der Waals surface area contributed by atoms with Crippen LogP contribution in [0.15, 0.2) is 47.2 Å². The Labute approximate surface area is 148 Å². The van der Waals surface area contributed by atoms with E-state index < -0.39 is 12.1 Å². The third-order valence-corrected chi connectivity index (χ3v) is 4.38. The number of esters is 1. The van der Waals surface area contributed by atoms with E-state index in [-0.39, 0.29) is 5.91 Å². The number of ether oxygens (including phenoxy) is 1. The molecule has 124 valence electrons. The van der Waals surface area contributed by atoms with E-state index >= 15 is 0 Å². The zero-order valence-corrected chi connectivity index (χ0v) is 14.8. The molecule has 0 fully saturated rings. The molecular formula is C18H17BrN2O3. The fourth-order valence-corrected chi connectivity index (χ4v) is 3.15. The van der Waals surface area contributed by atoms with Crippen LogP contribution in [0.5, 0.6) is 0 Å². The summed E-state index contributed by atoms with van der Waals surface area (Å²) in [5, 5.41) is 0. The molecule has 0 N–H and O–H groups in total. The van der Waals surface area contributed by atoms with Crippen LogP contribution in [0, 0.1) is 0 Å². The Morgan fingerprint density at radius 2 is 2.08 bits per heavy atom. The van der Waals surface area contributed by atoms with E-state index in [1.807, 2.05) is 24.3 Å². The van der Waals surface area contributed by atoms with Crippen LogP contribution in [0.4, 0.5) is 5.69 Å². The number of hydrogen-bond donors (Lipinski definition) is 0. The minimum absolute atomic E-state index is 0.210. The third-order valence-electron chi connectivity index (χ3n) is 3.95. The highest BCUT2D eigenvalue weighted by Crippen LogP contribution is 2.27. The molecule has 0 spiro atoms. The van der Waals surface area contributed by atoms with Gasteiger partial charge in [-0.15, -0.1) is 0 Å². The van der Waals surface area contributed by atoms with Crippen molar-refractivity contribution < 1.29 is 14.3 Å². The first-order valence-electron chi connectivity index (χ1n) is 7.77. The van der Waals surface area contributed by atoms with Crippen molar-refractivity contribution in [2.24, 2.45) is 0 Å². The minimum Gasteiger partial charge on any atom is -0.449 e. The van der Waals surface area contributed by atoms with E-state index in [0.717, 1.165) is 24.1 Å². The standard InChI is InChI=1S/C18H17BrN2O3/c1-12(24-18(23)14-9-15(19)11-20-10-14)17(22)21-8-4-6-13-5-2-3-7-16(13)21/h2-3,5,7,9-12H,4,6,8H2,1H3. The molecule has 24 heavy (non-hydrogen) atoms. The molecule has 1 aromatic carbocycles. The lowest BCUT2D eigenvalue weighted by atomic mass is 10.0. The van der Waals surface area contributed by atoms with Gasteiger partial charge in [0.1, 0.15) is 0 Å². The van der Waals surface area contributed by atoms with Gasteiger partial charge in [0, 0.05) is 29.1 Å². The van der Waals surface area contributed by atoms with Gasteiger partial charge in [0.05, 0.1) is 5.56 Å². The predicted octanol–water partition coefficient (Wildman–Crippen LogP) is 3.37. The topological polar surface area (TPSA) is 59.5 Å². The first-order chi connectivity index (χ1) is 11.6. The molecule has 0 saturated carbocycles. The molecule has 1 aromatic heterocycles. The summed E-state index contributed by atoms with van der Waals surface area (Å²) in [6, 6.07) is 9.45. The number of rotatable bonds is 3. The van der Waals surface area contributed by atoms with Crippen molar-refractivity contribution in [3.8, 4) is 0 Å². The summed E-state index contributed by atoms with van der Waals surface area (Å²) in [4.78, 5) is 30.5. The summed E-state index contributed by atoms with van der Waals surface area (Å²) in [7, 11) is 0. The van der Waals surface area contributed by atoms with Gasteiger partial charge in [-0.25, -0.2) is 4.79 Å². The number of fused-ring (bicyclic) bond motifs is 1. The quantitative estimate of drug-likeness (QED) is 0.756. The number of hydrogen-bond acceptors (Lipinski definition) is 4. The van der Waals surface area contributed by atoms with Crippen LogP contribution >= 0.6 is 15.9 Å². The molecular weight excluding hydrogens is 372 g/mol. The van der Waals surface area contributed by atoms with Gasteiger partial charge in [-0.05, 0) is 53.4 Å². The molecule has 0 aliphatic carbocycles. The lowest BCUT2D eigenvalue weighted by Crippen LogP contribution is -2.42. The maximum atomic E-state index is 12.7. The zero-order valence-electron chi connectivity index (χ0n) is 13.2. The van der Waals surface area contributed by atoms with Crippen LogP contribution in [-0.2, 0) is 16.0 Å². The summed E-state index contributed by atoms with van der Waals surface area (Å²) in [6.45, 7) is 2.24. The number of carbonyl (C=O) groups is 2. The van der Waals surface area contributed by atoms with Crippen molar-refractivity contribution in [2.75, 3.05) is 11.4 Å². The summed E-state index contributed by atoms with van der Waals surface area (Å²) in [5.41, 5.74) is 2.36. The van der Waals surface area contributed by atoms with Gasteiger partial charge in [-0.3, -0.25) is 9.78 Å². The number of para-hydroxylation sites is 1. The largest absolute Gasteiger partial charge is 0.449 e. The van der Waals surface area contributed by atoms with E-state index in [1.54, 1.807) is 24.1 Å². The van der Waals surface area contributed by atoms with Crippen LogP contribution in [0.3, 0.4) is 0 Å². The number of anilines is 1. The highest BCUT2D eigenvalue weighted by atomic mass is 79.9. The number of aromatic nitrogens is 1.